The highest BCUT2D eigenvalue weighted by atomic mass is 16.2. The second-order valence-electron chi connectivity index (χ2n) is 7.65. The van der Waals surface area contributed by atoms with Crippen LogP contribution in [-0.2, 0) is 13.1 Å². The minimum atomic E-state index is -0.00544. The number of nitrogens with zero attached hydrogens (tertiary/aromatic N) is 7. The number of hydrogen-bond donors (Lipinski definition) is 0. The van der Waals surface area contributed by atoms with Gasteiger partial charge in [-0.2, -0.15) is 5.10 Å². The van der Waals surface area contributed by atoms with Crippen LogP contribution in [0.4, 0.5) is 5.95 Å². The van der Waals surface area contributed by atoms with Crippen molar-refractivity contribution in [2.45, 2.75) is 52.6 Å². The van der Waals surface area contributed by atoms with E-state index in [0.717, 1.165) is 55.6 Å². The van der Waals surface area contributed by atoms with Gasteiger partial charge in [0.2, 0.25) is 5.95 Å². The number of aromatic nitrogens is 5. The van der Waals surface area contributed by atoms with Gasteiger partial charge < -0.3 is 9.80 Å². The highest BCUT2D eigenvalue weighted by Crippen LogP contribution is 2.27. The van der Waals surface area contributed by atoms with Crippen LogP contribution in [0.5, 0.6) is 0 Å². The molecule has 0 spiro atoms. The van der Waals surface area contributed by atoms with Crippen molar-refractivity contribution in [3.63, 3.8) is 0 Å². The van der Waals surface area contributed by atoms with Crippen molar-refractivity contribution in [2.75, 3.05) is 38.6 Å². The van der Waals surface area contributed by atoms with Crippen molar-refractivity contribution in [1.29, 1.82) is 0 Å². The molecule has 0 unspecified atom stereocenters. The third kappa shape index (κ3) is 4.37. The predicted octanol–water partition coefficient (Wildman–Crippen LogP) is 1.42. The molecule has 1 atom stereocenters. The number of rotatable bonds is 6. The van der Waals surface area contributed by atoms with E-state index in [1.54, 1.807) is 4.68 Å². The fraction of sp³-hybridized carbons (Fsp3) is 0.684. The van der Waals surface area contributed by atoms with E-state index < -0.39 is 0 Å². The minimum absolute atomic E-state index is 0.00544. The zero-order valence-electron chi connectivity index (χ0n) is 17.1. The molecule has 0 bridgehead atoms. The first-order chi connectivity index (χ1) is 12.9. The maximum Gasteiger partial charge on any atom is 0.345 e. The Morgan fingerprint density at radius 1 is 1.22 bits per heavy atom. The Bertz CT molecular complexity index is 819. The van der Waals surface area contributed by atoms with Crippen molar-refractivity contribution in [3.8, 4) is 0 Å². The molecular formula is C19H31N7O. The summed E-state index contributed by atoms with van der Waals surface area (Å²) >= 11 is 0. The molecule has 1 aliphatic heterocycles. The predicted molar refractivity (Wildman–Crippen MR) is 106 cm³/mol. The summed E-state index contributed by atoms with van der Waals surface area (Å²) in [6.45, 7) is 9.81. The van der Waals surface area contributed by atoms with Gasteiger partial charge in [-0.05, 0) is 53.8 Å². The third-order valence-electron chi connectivity index (χ3n) is 5.07. The first-order valence-corrected chi connectivity index (χ1v) is 9.78. The van der Waals surface area contributed by atoms with Gasteiger partial charge in [-0.1, -0.05) is 0 Å². The molecule has 0 radical (unpaired) electrons. The SMILES string of the molecule is CCn1c([C@H]2CCCN(c3nc(C)cc(C)n3)C2)nn(CCN(C)C)c1=O. The Morgan fingerprint density at radius 2 is 1.93 bits per heavy atom. The molecule has 1 saturated heterocycles. The molecule has 3 heterocycles. The van der Waals surface area contributed by atoms with Crippen LogP contribution in [0.1, 0.15) is 42.9 Å². The summed E-state index contributed by atoms with van der Waals surface area (Å²) in [5, 5.41) is 4.71. The lowest BCUT2D eigenvalue weighted by atomic mass is 9.97. The molecule has 8 nitrogen and oxygen atoms in total. The number of likely N-dealkylation sites (N-methyl/N-ethyl adjacent to an activating group) is 1. The number of anilines is 1. The van der Waals surface area contributed by atoms with E-state index >= 15 is 0 Å². The van der Waals surface area contributed by atoms with Crippen LogP contribution < -0.4 is 10.6 Å². The Kier molecular flexibility index (Phi) is 5.94. The fourth-order valence-electron chi connectivity index (χ4n) is 3.72. The zero-order chi connectivity index (χ0) is 19.6. The lowest BCUT2D eigenvalue weighted by Gasteiger charge is -2.32. The normalized spacial score (nSPS) is 17.7. The summed E-state index contributed by atoms with van der Waals surface area (Å²) in [7, 11) is 4.01. The van der Waals surface area contributed by atoms with Crippen LogP contribution in [0.25, 0.3) is 0 Å². The maximum atomic E-state index is 12.7. The van der Waals surface area contributed by atoms with E-state index in [0.29, 0.717) is 13.1 Å². The largest absolute Gasteiger partial charge is 0.345 e. The van der Waals surface area contributed by atoms with Crippen molar-refractivity contribution >= 4 is 5.95 Å². The quantitative estimate of drug-likeness (QED) is 0.763. The lowest BCUT2D eigenvalue weighted by molar-refractivity contribution is 0.367. The molecule has 2 aromatic heterocycles. The van der Waals surface area contributed by atoms with E-state index in [9.17, 15) is 4.79 Å². The van der Waals surface area contributed by atoms with Gasteiger partial charge in [0.05, 0.1) is 6.54 Å². The van der Waals surface area contributed by atoms with Gasteiger partial charge >= 0.3 is 5.69 Å². The minimum Gasteiger partial charge on any atom is -0.340 e. The van der Waals surface area contributed by atoms with Gasteiger partial charge in [0.15, 0.2) is 0 Å². The highest BCUT2D eigenvalue weighted by Gasteiger charge is 2.28. The molecule has 27 heavy (non-hydrogen) atoms. The topological polar surface area (TPSA) is 72.1 Å². The van der Waals surface area contributed by atoms with Crippen molar-refractivity contribution in [2.24, 2.45) is 0 Å². The van der Waals surface area contributed by atoms with Crippen molar-refractivity contribution < 1.29 is 0 Å². The van der Waals surface area contributed by atoms with Crippen molar-refractivity contribution in [1.82, 2.24) is 29.2 Å². The van der Waals surface area contributed by atoms with Crippen LogP contribution in [0.3, 0.4) is 0 Å². The Balaban J connectivity index is 1.85. The number of hydrogen-bond acceptors (Lipinski definition) is 6. The van der Waals surface area contributed by atoms with Crippen LogP contribution in [0.15, 0.2) is 10.9 Å². The molecule has 0 aliphatic carbocycles. The average molecular weight is 374 g/mol. The number of aryl methyl sites for hydroxylation is 2. The first-order valence-electron chi connectivity index (χ1n) is 9.78. The monoisotopic (exact) mass is 373 g/mol. The van der Waals surface area contributed by atoms with Crippen LogP contribution in [0.2, 0.25) is 0 Å². The van der Waals surface area contributed by atoms with Crippen LogP contribution in [0, 0.1) is 13.8 Å². The first kappa shape index (κ1) is 19.5. The standard InChI is InChI=1S/C19H31N7O/c1-6-25-17(22-26(19(25)27)11-10-23(4)5)16-8-7-9-24(13-16)18-20-14(2)12-15(3)21-18/h12,16H,6-11,13H2,1-5H3/t16-/m0/s1. The summed E-state index contributed by atoms with van der Waals surface area (Å²) in [6, 6.07) is 1.99. The number of piperidine rings is 1. The summed E-state index contributed by atoms with van der Waals surface area (Å²) in [6.07, 6.45) is 2.08. The molecular weight excluding hydrogens is 342 g/mol. The Labute approximate surface area is 160 Å². The van der Waals surface area contributed by atoms with Crippen molar-refractivity contribution in [3.05, 3.63) is 33.8 Å². The molecule has 0 saturated carbocycles. The van der Waals surface area contributed by atoms with Gasteiger partial charge in [-0.3, -0.25) is 4.57 Å². The van der Waals surface area contributed by atoms with Gasteiger partial charge in [-0.25, -0.2) is 19.4 Å². The van der Waals surface area contributed by atoms with E-state index in [4.69, 9.17) is 5.10 Å². The highest BCUT2D eigenvalue weighted by molar-refractivity contribution is 5.34. The molecule has 3 rings (SSSR count). The molecule has 0 N–H and O–H groups in total. The summed E-state index contributed by atoms with van der Waals surface area (Å²) in [4.78, 5) is 26.3. The molecule has 2 aromatic rings. The molecule has 1 fully saturated rings. The third-order valence-corrected chi connectivity index (χ3v) is 5.07. The van der Waals surface area contributed by atoms with Crippen LogP contribution >= 0.6 is 0 Å². The second kappa shape index (κ2) is 8.21. The Hall–Kier alpha value is -2.22. The molecule has 0 amide bonds. The van der Waals surface area contributed by atoms with E-state index in [1.165, 1.54) is 0 Å². The van der Waals surface area contributed by atoms with Gasteiger partial charge in [0, 0.05) is 43.5 Å². The van der Waals surface area contributed by atoms with E-state index in [-0.39, 0.29) is 11.6 Å². The van der Waals surface area contributed by atoms with Gasteiger partial charge in [-0.15, -0.1) is 0 Å². The fourth-order valence-corrected chi connectivity index (χ4v) is 3.72. The second-order valence-corrected chi connectivity index (χ2v) is 7.65. The molecule has 8 heteroatoms. The zero-order valence-corrected chi connectivity index (χ0v) is 17.1. The van der Waals surface area contributed by atoms with Crippen LogP contribution in [-0.4, -0.2) is 62.9 Å². The summed E-state index contributed by atoms with van der Waals surface area (Å²) in [5.74, 6) is 1.90. The maximum absolute atomic E-state index is 12.7. The average Bonchev–Trinajstić information content (AvgIpc) is 2.95. The Morgan fingerprint density at radius 3 is 2.56 bits per heavy atom. The van der Waals surface area contributed by atoms with E-state index in [2.05, 4.69) is 19.8 Å². The molecule has 0 aromatic carbocycles. The smallest absolute Gasteiger partial charge is 0.340 e. The van der Waals surface area contributed by atoms with Gasteiger partial charge in [0.25, 0.3) is 0 Å². The summed E-state index contributed by atoms with van der Waals surface area (Å²) < 4.78 is 3.44. The van der Waals surface area contributed by atoms with E-state index in [1.807, 2.05) is 45.5 Å². The molecule has 1 aliphatic rings. The molecule has 148 valence electrons. The summed E-state index contributed by atoms with van der Waals surface area (Å²) in [5.41, 5.74) is 1.96. The lowest BCUT2D eigenvalue weighted by Crippen LogP contribution is -2.37. The van der Waals surface area contributed by atoms with Gasteiger partial charge in [0.1, 0.15) is 5.82 Å².